The number of hydrogen-bond acceptors (Lipinski definition) is 4. The molecule has 3 rings (SSSR count). The van der Waals surface area contributed by atoms with Gasteiger partial charge in [-0.05, 0) is 48.2 Å². The van der Waals surface area contributed by atoms with Gasteiger partial charge in [-0.15, -0.1) is 0 Å². The molecule has 0 aliphatic rings. The molecule has 0 spiro atoms. The van der Waals surface area contributed by atoms with Gasteiger partial charge in [-0.25, -0.2) is 8.42 Å². The number of nitrogens with one attached hydrogen (secondary N) is 1. The lowest BCUT2D eigenvalue weighted by atomic mass is 10.0. The molecule has 0 saturated carbocycles. The molecule has 9 heteroatoms. The third-order valence-corrected chi connectivity index (χ3v) is 7.49. The van der Waals surface area contributed by atoms with E-state index in [1.165, 1.54) is 4.90 Å². The van der Waals surface area contributed by atoms with Gasteiger partial charge in [0.05, 0.1) is 11.9 Å². The number of benzene rings is 3. The van der Waals surface area contributed by atoms with Gasteiger partial charge in [-0.3, -0.25) is 13.9 Å². The standard InChI is InChI=1S/C29H34ClN3O4S/c1-4-17-31-29(35)27(19-23-12-6-5-7-13-23)32(20-24-14-10-15-25(30)18-24)28(34)21-33(38(3,36)37)26-16-9-8-11-22(26)2/h5-16,18,27H,4,17,19-21H2,1-3H3,(H,31,35). The molecule has 1 unspecified atom stereocenters. The van der Waals surface area contributed by atoms with Crippen LogP contribution in [0.2, 0.25) is 5.02 Å². The lowest BCUT2D eigenvalue weighted by molar-refractivity contribution is -0.140. The summed E-state index contributed by atoms with van der Waals surface area (Å²) < 4.78 is 26.8. The second-order valence-electron chi connectivity index (χ2n) is 9.20. The van der Waals surface area contributed by atoms with Crippen molar-refractivity contribution in [3.8, 4) is 0 Å². The normalized spacial score (nSPS) is 12.0. The quantitative estimate of drug-likeness (QED) is 0.354. The van der Waals surface area contributed by atoms with E-state index >= 15 is 0 Å². The lowest BCUT2D eigenvalue weighted by Crippen LogP contribution is -2.53. The van der Waals surface area contributed by atoms with E-state index in [1.54, 1.807) is 49.4 Å². The molecule has 1 atom stereocenters. The highest BCUT2D eigenvalue weighted by atomic mass is 35.5. The first-order valence-electron chi connectivity index (χ1n) is 12.5. The molecule has 3 aromatic carbocycles. The van der Waals surface area contributed by atoms with Gasteiger partial charge in [-0.2, -0.15) is 0 Å². The average Bonchev–Trinajstić information content (AvgIpc) is 2.88. The van der Waals surface area contributed by atoms with E-state index in [4.69, 9.17) is 11.6 Å². The zero-order chi connectivity index (χ0) is 27.7. The number of halogens is 1. The zero-order valence-electron chi connectivity index (χ0n) is 21.9. The first-order chi connectivity index (χ1) is 18.1. The second-order valence-corrected chi connectivity index (χ2v) is 11.5. The zero-order valence-corrected chi connectivity index (χ0v) is 23.5. The van der Waals surface area contributed by atoms with Crippen molar-refractivity contribution in [2.24, 2.45) is 0 Å². The number of hydrogen-bond donors (Lipinski definition) is 1. The monoisotopic (exact) mass is 555 g/mol. The highest BCUT2D eigenvalue weighted by Gasteiger charge is 2.33. The van der Waals surface area contributed by atoms with Crippen LogP contribution < -0.4 is 9.62 Å². The Labute approximate surface area is 230 Å². The Kier molecular flexibility index (Phi) is 10.3. The summed E-state index contributed by atoms with van der Waals surface area (Å²) in [5.41, 5.74) is 2.75. The molecule has 0 bridgehead atoms. The van der Waals surface area contributed by atoms with E-state index in [0.29, 0.717) is 22.8 Å². The average molecular weight is 556 g/mol. The van der Waals surface area contributed by atoms with Crippen molar-refractivity contribution in [2.45, 2.75) is 39.3 Å². The van der Waals surface area contributed by atoms with Crippen LogP contribution in [0.3, 0.4) is 0 Å². The van der Waals surface area contributed by atoms with Gasteiger partial charge in [0.15, 0.2) is 0 Å². The van der Waals surface area contributed by atoms with Crippen molar-refractivity contribution >= 4 is 39.1 Å². The van der Waals surface area contributed by atoms with Crippen molar-refractivity contribution in [3.63, 3.8) is 0 Å². The Bertz CT molecular complexity index is 1350. The summed E-state index contributed by atoms with van der Waals surface area (Å²) in [6.07, 6.45) is 2.08. The summed E-state index contributed by atoms with van der Waals surface area (Å²) in [5, 5.41) is 3.42. The molecule has 38 heavy (non-hydrogen) atoms. The van der Waals surface area contributed by atoms with E-state index in [-0.39, 0.29) is 18.9 Å². The van der Waals surface area contributed by atoms with E-state index < -0.39 is 28.5 Å². The van der Waals surface area contributed by atoms with E-state index in [1.807, 2.05) is 43.3 Å². The number of carbonyl (C=O) groups excluding carboxylic acids is 2. The summed E-state index contributed by atoms with van der Waals surface area (Å²) >= 11 is 6.22. The summed E-state index contributed by atoms with van der Waals surface area (Å²) in [7, 11) is -3.80. The number of para-hydroxylation sites is 1. The van der Waals surface area contributed by atoms with Gasteiger partial charge in [0.1, 0.15) is 12.6 Å². The molecule has 1 N–H and O–H groups in total. The van der Waals surface area contributed by atoms with E-state index in [0.717, 1.165) is 28.1 Å². The van der Waals surface area contributed by atoms with Crippen molar-refractivity contribution in [1.82, 2.24) is 10.2 Å². The molecule has 0 saturated heterocycles. The molecule has 7 nitrogen and oxygen atoms in total. The number of aryl methyl sites for hydroxylation is 1. The van der Waals surface area contributed by atoms with Gasteiger partial charge in [0, 0.05) is 24.5 Å². The molecule has 3 aromatic rings. The Morgan fingerprint density at radius 1 is 0.947 bits per heavy atom. The topological polar surface area (TPSA) is 86.8 Å². The molecule has 0 aromatic heterocycles. The number of amides is 2. The highest BCUT2D eigenvalue weighted by molar-refractivity contribution is 7.92. The van der Waals surface area contributed by atoms with Crippen molar-refractivity contribution < 1.29 is 18.0 Å². The molecule has 0 heterocycles. The molecule has 0 radical (unpaired) electrons. The van der Waals surface area contributed by atoms with Crippen LogP contribution in [0, 0.1) is 6.92 Å². The minimum Gasteiger partial charge on any atom is -0.354 e. The molecule has 2 amide bonds. The van der Waals surface area contributed by atoms with Crippen LogP contribution in [0.1, 0.15) is 30.0 Å². The van der Waals surface area contributed by atoms with Crippen LogP contribution in [0.25, 0.3) is 0 Å². The molecular weight excluding hydrogens is 522 g/mol. The lowest BCUT2D eigenvalue weighted by Gasteiger charge is -2.33. The first kappa shape index (κ1) is 29.2. The number of nitrogens with zero attached hydrogens (tertiary/aromatic N) is 2. The fraction of sp³-hybridized carbons (Fsp3) is 0.310. The molecule has 0 aliphatic heterocycles. The van der Waals surface area contributed by atoms with E-state index in [9.17, 15) is 18.0 Å². The number of rotatable bonds is 12. The second kappa shape index (κ2) is 13.4. The molecule has 0 aliphatic carbocycles. The largest absolute Gasteiger partial charge is 0.354 e. The summed E-state index contributed by atoms with van der Waals surface area (Å²) in [4.78, 5) is 28.9. The van der Waals surface area contributed by atoms with Gasteiger partial charge < -0.3 is 10.2 Å². The number of sulfonamides is 1. The van der Waals surface area contributed by atoms with Gasteiger partial charge in [0.25, 0.3) is 0 Å². The maximum atomic E-state index is 14.0. The number of carbonyl (C=O) groups is 2. The molecular formula is C29H34ClN3O4S. The van der Waals surface area contributed by atoms with Crippen LogP contribution in [0.4, 0.5) is 5.69 Å². The predicted octanol–water partition coefficient (Wildman–Crippen LogP) is 4.58. The van der Waals surface area contributed by atoms with Crippen molar-refractivity contribution in [3.05, 3.63) is 101 Å². The summed E-state index contributed by atoms with van der Waals surface area (Å²) in [6, 6.07) is 22.6. The van der Waals surface area contributed by atoms with E-state index in [2.05, 4.69) is 5.32 Å². The SMILES string of the molecule is CCCNC(=O)C(Cc1ccccc1)N(Cc1cccc(Cl)c1)C(=O)CN(c1ccccc1C)S(C)(=O)=O. The Morgan fingerprint density at radius 2 is 1.61 bits per heavy atom. The van der Waals surface area contributed by atoms with Crippen LogP contribution >= 0.6 is 11.6 Å². The predicted molar refractivity (Wildman–Crippen MR) is 153 cm³/mol. The highest BCUT2D eigenvalue weighted by Crippen LogP contribution is 2.24. The summed E-state index contributed by atoms with van der Waals surface area (Å²) in [6.45, 7) is 3.84. The van der Waals surface area contributed by atoms with Crippen molar-refractivity contribution in [2.75, 3.05) is 23.7 Å². The number of anilines is 1. The van der Waals surface area contributed by atoms with Crippen LogP contribution in [-0.4, -0.2) is 50.5 Å². The minimum absolute atomic E-state index is 0.0851. The first-order valence-corrected chi connectivity index (χ1v) is 14.7. The maximum absolute atomic E-state index is 14.0. The Balaban J connectivity index is 2.05. The smallest absolute Gasteiger partial charge is 0.244 e. The Morgan fingerprint density at radius 3 is 2.24 bits per heavy atom. The summed E-state index contributed by atoms with van der Waals surface area (Å²) in [5.74, 6) is -0.792. The fourth-order valence-electron chi connectivity index (χ4n) is 4.19. The third-order valence-electron chi connectivity index (χ3n) is 6.13. The third kappa shape index (κ3) is 8.07. The van der Waals surface area contributed by atoms with Crippen LogP contribution in [0.15, 0.2) is 78.9 Å². The maximum Gasteiger partial charge on any atom is 0.244 e. The van der Waals surface area contributed by atoms with Crippen molar-refractivity contribution in [1.29, 1.82) is 0 Å². The molecule has 0 fully saturated rings. The minimum atomic E-state index is -3.80. The van der Waals surface area contributed by atoms with Gasteiger partial charge in [-0.1, -0.05) is 79.2 Å². The fourth-order valence-corrected chi connectivity index (χ4v) is 5.31. The van der Waals surface area contributed by atoms with Gasteiger partial charge in [0.2, 0.25) is 21.8 Å². The van der Waals surface area contributed by atoms with Crippen LogP contribution in [-0.2, 0) is 32.6 Å². The van der Waals surface area contributed by atoms with Crippen LogP contribution in [0.5, 0.6) is 0 Å². The molecule has 202 valence electrons. The Hall–Kier alpha value is -3.36. The van der Waals surface area contributed by atoms with Gasteiger partial charge >= 0.3 is 0 Å².